The summed E-state index contributed by atoms with van der Waals surface area (Å²) in [7, 11) is 0. The molecule has 5 nitrogen and oxygen atoms in total. The summed E-state index contributed by atoms with van der Waals surface area (Å²) in [5.41, 5.74) is 0.381. The van der Waals surface area contributed by atoms with Gasteiger partial charge in [0.1, 0.15) is 11.5 Å². The summed E-state index contributed by atoms with van der Waals surface area (Å²) in [6.07, 6.45) is 7.85. The van der Waals surface area contributed by atoms with Gasteiger partial charge in [-0.2, -0.15) is 0 Å². The molecule has 0 unspecified atom stereocenters. The Hall–Kier alpha value is -1.65. The van der Waals surface area contributed by atoms with Gasteiger partial charge in [-0.25, -0.2) is 4.98 Å². The first-order valence-electron chi connectivity index (χ1n) is 6.63. The van der Waals surface area contributed by atoms with E-state index in [4.69, 9.17) is 0 Å². The molecular weight excluding hydrogens is 228 g/mol. The smallest absolute Gasteiger partial charge is 0.271 e. The lowest BCUT2D eigenvalue weighted by molar-refractivity contribution is 0.0947. The molecule has 18 heavy (non-hydrogen) atoms. The lowest BCUT2D eigenvalue weighted by atomic mass is 10.3. The van der Waals surface area contributed by atoms with E-state index in [1.807, 2.05) is 0 Å². The maximum Gasteiger partial charge on any atom is 0.271 e. The number of carbonyl (C=O) groups excluding carboxylic acids is 1. The summed E-state index contributed by atoms with van der Waals surface area (Å²) in [6, 6.07) is 0. The average molecular weight is 248 g/mol. The maximum absolute atomic E-state index is 11.8. The van der Waals surface area contributed by atoms with E-state index in [0.29, 0.717) is 11.5 Å². The number of hydrogen-bond donors (Lipinski definition) is 2. The van der Waals surface area contributed by atoms with Gasteiger partial charge in [0.25, 0.3) is 5.91 Å². The maximum atomic E-state index is 11.8. The van der Waals surface area contributed by atoms with Gasteiger partial charge < -0.3 is 10.6 Å². The van der Waals surface area contributed by atoms with Crippen molar-refractivity contribution < 1.29 is 4.79 Å². The van der Waals surface area contributed by atoms with Crippen LogP contribution in [0.25, 0.3) is 0 Å². The molecule has 5 heteroatoms. The minimum absolute atomic E-state index is 0.136. The van der Waals surface area contributed by atoms with Crippen LogP contribution < -0.4 is 10.6 Å². The first kappa shape index (κ1) is 12.8. The minimum Gasteiger partial charge on any atom is -0.369 e. The summed E-state index contributed by atoms with van der Waals surface area (Å²) in [5.74, 6) is 1.35. The molecule has 1 amide bonds. The quantitative estimate of drug-likeness (QED) is 0.772. The molecule has 98 valence electrons. The van der Waals surface area contributed by atoms with E-state index in [-0.39, 0.29) is 5.91 Å². The Morgan fingerprint density at radius 2 is 2.22 bits per heavy atom. The van der Waals surface area contributed by atoms with Crippen LogP contribution in [0.2, 0.25) is 0 Å². The van der Waals surface area contributed by atoms with E-state index < -0.39 is 0 Å². The number of hydrogen-bond acceptors (Lipinski definition) is 4. The van der Waals surface area contributed by atoms with Crippen LogP contribution in [0.4, 0.5) is 5.82 Å². The van der Waals surface area contributed by atoms with Crippen LogP contribution in [0, 0.1) is 5.92 Å². The van der Waals surface area contributed by atoms with Gasteiger partial charge in [0, 0.05) is 13.1 Å². The van der Waals surface area contributed by atoms with Gasteiger partial charge in [-0.15, -0.1) is 0 Å². The number of amides is 1. The van der Waals surface area contributed by atoms with Crippen LogP contribution in [-0.2, 0) is 0 Å². The van der Waals surface area contributed by atoms with Crippen LogP contribution in [0.1, 0.15) is 43.1 Å². The van der Waals surface area contributed by atoms with Crippen LogP contribution in [0.3, 0.4) is 0 Å². The van der Waals surface area contributed by atoms with Crippen LogP contribution in [0.15, 0.2) is 12.4 Å². The first-order chi connectivity index (χ1) is 8.79. The molecular formula is C13H20N4O. The Balaban J connectivity index is 1.83. The molecule has 1 aromatic rings. The van der Waals surface area contributed by atoms with Crippen molar-refractivity contribution in [3.8, 4) is 0 Å². The number of aromatic nitrogens is 2. The van der Waals surface area contributed by atoms with Crippen molar-refractivity contribution in [2.45, 2.75) is 32.6 Å². The summed E-state index contributed by atoms with van der Waals surface area (Å²) < 4.78 is 0. The van der Waals surface area contributed by atoms with E-state index in [9.17, 15) is 4.79 Å². The highest BCUT2D eigenvalue weighted by Gasteiger charge is 2.20. The van der Waals surface area contributed by atoms with Crippen LogP contribution in [0.5, 0.6) is 0 Å². The largest absolute Gasteiger partial charge is 0.369 e. The predicted octanol–water partition coefficient (Wildman–Crippen LogP) is 1.83. The van der Waals surface area contributed by atoms with Crippen molar-refractivity contribution in [3.63, 3.8) is 0 Å². The zero-order chi connectivity index (χ0) is 12.8. The predicted molar refractivity (Wildman–Crippen MR) is 70.5 cm³/mol. The zero-order valence-electron chi connectivity index (χ0n) is 10.8. The SMILES string of the molecule is CCCNc1cncc(C(=O)NCCC2CC2)n1. The molecule has 0 radical (unpaired) electrons. The summed E-state index contributed by atoms with van der Waals surface area (Å²) in [5, 5.41) is 6.00. The number of anilines is 1. The molecule has 0 spiro atoms. The van der Waals surface area contributed by atoms with E-state index in [1.165, 1.54) is 19.0 Å². The normalized spacial score (nSPS) is 14.3. The summed E-state index contributed by atoms with van der Waals surface area (Å²) in [4.78, 5) is 20.1. The highest BCUT2D eigenvalue weighted by atomic mass is 16.1. The summed E-state index contributed by atoms with van der Waals surface area (Å²) >= 11 is 0. The molecule has 2 N–H and O–H groups in total. The van der Waals surface area contributed by atoms with Gasteiger partial charge in [0.2, 0.25) is 0 Å². The van der Waals surface area contributed by atoms with Gasteiger partial charge in [-0.05, 0) is 18.8 Å². The second-order valence-electron chi connectivity index (χ2n) is 4.70. The van der Waals surface area contributed by atoms with Gasteiger partial charge in [-0.1, -0.05) is 19.8 Å². The molecule has 1 fully saturated rings. The third kappa shape index (κ3) is 3.98. The van der Waals surface area contributed by atoms with Crippen LogP contribution in [-0.4, -0.2) is 29.0 Å². The van der Waals surface area contributed by atoms with E-state index >= 15 is 0 Å². The number of rotatable bonds is 7. The van der Waals surface area contributed by atoms with Crippen molar-refractivity contribution in [2.75, 3.05) is 18.4 Å². The molecule has 1 saturated carbocycles. The fourth-order valence-electron chi connectivity index (χ4n) is 1.70. The van der Waals surface area contributed by atoms with Crippen molar-refractivity contribution in [3.05, 3.63) is 18.1 Å². The summed E-state index contributed by atoms with van der Waals surface area (Å²) in [6.45, 7) is 3.65. The lowest BCUT2D eigenvalue weighted by Gasteiger charge is -2.06. The first-order valence-corrected chi connectivity index (χ1v) is 6.63. The fourth-order valence-corrected chi connectivity index (χ4v) is 1.70. The van der Waals surface area contributed by atoms with Gasteiger partial charge in [0.05, 0.1) is 12.4 Å². The van der Waals surface area contributed by atoms with Crippen molar-refractivity contribution in [1.82, 2.24) is 15.3 Å². The molecule has 2 rings (SSSR count). The average Bonchev–Trinajstić information content (AvgIpc) is 3.20. The third-order valence-corrected chi connectivity index (χ3v) is 2.96. The zero-order valence-corrected chi connectivity index (χ0v) is 10.8. The number of carbonyl (C=O) groups is 1. The number of nitrogens with one attached hydrogen (secondary N) is 2. The molecule has 0 aromatic carbocycles. The third-order valence-electron chi connectivity index (χ3n) is 2.96. The molecule has 1 aromatic heterocycles. The molecule has 1 heterocycles. The lowest BCUT2D eigenvalue weighted by Crippen LogP contribution is -2.26. The Bertz CT molecular complexity index is 404. The van der Waals surface area contributed by atoms with Gasteiger partial charge in [-0.3, -0.25) is 9.78 Å². The molecule has 0 bridgehead atoms. The van der Waals surface area contributed by atoms with E-state index in [2.05, 4.69) is 27.5 Å². The van der Waals surface area contributed by atoms with Crippen LogP contribution >= 0.6 is 0 Å². The second kappa shape index (κ2) is 6.33. The molecule has 1 aliphatic rings. The molecule has 0 aliphatic heterocycles. The minimum atomic E-state index is -0.136. The highest BCUT2D eigenvalue weighted by Crippen LogP contribution is 2.31. The van der Waals surface area contributed by atoms with E-state index in [1.54, 1.807) is 6.20 Å². The number of nitrogens with zero attached hydrogens (tertiary/aromatic N) is 2. The second-order valence-corrected chi connectivity index (χ2v) is 4.70. The molecule has 0 atom stereocenters. The fraction of sp³-hybridized carbons (Fsp3) is 0.615. The van der Waals surface area contributed by atoms with Crippen molar-refractivity contribution in [1.29, 1.82) is 0 Å². The Labute approximate surface area is 107 Å². The Kier molecular flexibility index (Phi) is 4.50. The standard InChI is InChI=1S/C13H20N4O/c1-2-6-15-12-9-14-8-11(17-12)13(18)16-7-5-10-3-4-10/h8-10H,2-7H2,1H3,(H,15,17)(H,16,18). The Morgan fingerprint density at radius 1 is 1.39 bits per heavy atom. The van der Waals surface area contributed by atoms with Crippen molar-refractivity contribution in [2.24, 2.45) is 5.92 Å². The topological polar surface area (TPSA) is 66.9 Å². The molecule has 1 aliphatic carbocycles. The van der Waals surface area contributed by atoms with E-state index in [0.717, 1.165) is 31.8 Å². The Morgan fingerprint density at radius 3 is 2.94 bits per heavy atom. The monoisotopic (exact) mass is 248 g/mol. The molecule has 0 saturated heterocycles. The van der Waals surface area contributed by atoms with Crippen molar-refractivity contribution >= 4 is 11.7 Å². The van der Waals surface area contributed by atoms with Gasteiger partial charge >= 0.3 is 0 Å². The highest BCUT2D eigenvalue weighted by molar-refractivity contribution is 5.92. The van der Waals surface area contributed by atoms with Gasteiger partial charge in [0.15, 0.2) is 0 Å².